The van der Waals surface area contributed by atoms with Gasteiger partial charge in [-0.1, -0.05) is 43.9 Å². The first-order valence-electron chi connectivity index (χ1n) is 13.6. The van der Waals surface area contributed by atoms with Crippen LogP contribution in [0.1, 0.15) is 93.4 Å². The molecule has 0 saturated heterocycles. The SMILES string of the molecule is CCCOC1([Si](OC(C)=CC(C)=O)(OC(C)=CC(C)=O)OC(C)=CC(C)=O)C=CC=C(C2CCCCC2)C1. The fraction of sp³-hybridized carbons (Fsp3) is 0.567. The van der Waals surface area contributed by atoms with Crippen LogP contribution in [0.5, 0.6) is 0 Å². The van der Waals surface area contributed by atoms with Crippen LogP contribution in [0.15, 0.2) is 59.3 Å². The lowest BCUT2D eigenvalue weighted by atomic mass is 9.80. The first kappa shape index (κ1) is 31.5. The van der Waals surface area contributed by atoms with Gasteiger partial charge in [0, 0.05) is 31.3 Å². The zero-order chi connectivity index (χ0) is 28.3. The third-order valence-electron chi connectivity index (χ3n) is 6.46. The summed E-state index contributed by atoms with van der Waals surface area (Å²) >= 11 is 0. The Balaban J connectivity index is 2.77. The Hall–Kier alpha value is -2.71. The van der Waals surface area contributed by atoms with Crippen LogP contribution in [-0.2, 0) is 32.4 Å². The minimum absolute atomic E-state index is 0.192. The molecule has 7 nitrogen and oxygen atoms in total. The molecule has 0 bridgehead atoms. The molecule has 8 heteroatoms. The van der Waals surface area contributed by atoms with E-state index < -0.39 is 14.0 Å². The van der Waals surface area contributed by atoms with Crippen LogP contribution in [0, 0.1) is 5.92 Å². The van der Waals surface area contributed by atoms with E-state index >= 15 is 0 Å². The summed E-state index contributed by atoms with van der Waals surface area (Å²) < 4.78 is 26.3. The fourth-order valence-electron chi connectivity index (χ4n) is 5.09. The highest BCUT2D eigenvalue weighted by Gasteiger charge is 2.69. The van der Waals surface area contributed by atoms with Crippen molar-refractivity contribution >= 4 is 26.2 Å². The zero-order valence-corrected chi connectivity index (χ0v) is 25.1. The van der Waals surface area contributed by atoms with Crippen LogP contribution < -0.4 is 0 Å². The van der Waals surface area contributed by atoms with Crippen molar-refractivity contribution < 1.29 is 32.4 Å². The van der Waals surface area contributed by atoms with E-state index in [0.717, 1.165) is 19.3 Å². The van der Waals surface area contributed by atoms with E-state index in [0.29, 0.717) is 36.2 Å². The molecule has 210 valence electrons. The van der Waals surface area contributed by atoms with Gasteiger partial charge in [0.25, 0.3) is 0 Å². The Kier molecular flexibility index (Phi) is 12.0. The summed E-state index contributed by atoms with van der Waals surface area (Å²) in [6, 6.07) is 0. The van der Waals surface area contributed by atoms with Gasteiger partial charge in [-0.15, -0.1) is 0 Å². The Bertz CT molecular complexity index is 948. The molecule has 0 spiro atoms. The van der Waals surface area contributed by atoms with Gasteiger partial charge in [-0.05, 0) is 72.8 Å². The van der Waals surface area contributed by atoms with Crippen molar-refractivity contribution in [2.75, 3.05) is 6.61 Å². The van der Waals surface area contributed by atoms with Crippen molar-refractivity contribution in [3.8, 4) is 0 Å². The van der Waals surface area contributed by atoms with Gasteiger partial charge in [0.05, 0.1) is 17.3 Å². The highest BCUT2D eigenvalue weighted by atomic mass is 28.4. The van der Waals surface area contributed by atoms with E-state index in [1.165, 1.54) is 63.8 Å². The molecule has 2 aliphatic rings. The van der Waals surface area contributed by atoms with Crippen LogP contribution in [0.4, 0.5) is 0 Å². The second-order valence-electron chi connectivity index (χ2n) is 10.3. The standard InChI is InChI=1S/C30H44O7Si/c1-8-17-34-30(16-12-15-29(21-30)28-13-10-9-11-14-28)38(35-25(5)18-22(2)31,36-26(6)19-23(3)32)37-27(7)20-24(4)33/h12,15-16,18-20,28H,8-11,13-14,17,21H2,1-7H3. The largest absolute Gasteiger partial charge is 0.737 e. The molecular formula is C30H44O7Si. The van der Waals surface area contributed by atoms with Crippen molar-refractivity contribution in [3.63, 3.8) is 0 Å². The molecule has 1 saturated carbocycles. The van der Waals surface area contributed by atoms with Crippen LogP contribution >= 0.6 is 0 Å². The second-order valence-corrected chi connectivity index (χ2v) is 12.9. The molecule has 1 unspecified atom stereocenters. The van der Waals surface area contributed by atoms with Crippen molar-refractivity contribution in [1.29, 1.82) is 0 Å². The Labute approximate surface area is 229 Å². The summed E-state index contributed by atoms with van der Waals surface area (Å²) in [6.45, 7) is 11.7. The van der Waals surface area contributed by atoms with Crippen molar-refractivity contribution in [3.05, 3.63) is 59.3 Å². The van der Waals surface area contributed by atoms with Crippen molar-refractivity contribution in [2.45, 2.75) is 98.6 Å². The molecule has 2 aliphatic carbocycles. The maximum absolute atomic E-state index is 12.0. The molecule has 0 heterocycles. The first-order valence-corrected chi connectivity index (χ1v) is 15.3. The summed E-state index contributed by atoms with van der Waals surface area (Å²) in [5.74, 6) is 0.751. The van der Waals surface area contributed by atoms with Gasteiger partial charge >= 0.3 is 8.80 Å². The Morgan fingerprint density at radius 2 is 1.32 bits per heavy atom. The summed E-state index contributed by atoms with van der Waals surface area (Å²) in [5, 5.41) is -1.16. The topological polar surface area (TPSA) is 88.1 Å². The van der Waals surface area contributed by atoms with Crippen LogP contribution in [0.25, 0.3) is 0 Å². The lowest BCUT2D eigenvalue weighted by molar-refractivity contribution is -0.113. The van der Waals surface area contributed by atoms with E-state index in [-0.39, 0.29) is 17.3 Å². The fourth-order valence-corrected chi connectivity index (χ4v) is 8.18. The monoisotopic (exact) mass is 544 g/mol. The number of hydrogen-bond donors (Lipinski definition) is 0. The van der Waals surface area contributed by atoms with Gasteiger partial charge < -0.3 is 18.0 Å². The van der Waals surface area contributed by atoms with E-state index in [1.807, 2.05) is 19.1 Å². The van der Waals surface area contributed by atoms with Gasteiger partial charge in [0.15, 0.2) is 22.6 Å². The molecule has 1 fully saturated rings. The van der Waals surface area contributed by atoms with E-state index in [2.05, 4.69) is 6.08 Å². The predicted molar refractivity (Wildman–Crippen MR) is 150 cm³/mol. The molecule has 0 aromatic carbocycles. The summed E-state index contributed by atoms with van der Waals surface area (Å²) in [7, 11) is -4.09. The molecule has 0 amide bonds. The average Bonchev–Trinajstić information content (AvgIpc) is 2.81. The summed E-state index contributed by atoms with van der Waals surface area (Å²) in [5.41, 5.74) is 1.24. The Morgan fingerprint density at radius 3 is 1.74 bits per heavy atom. The first-order chi connectivity index (χ1) is 17.9. The third-order valence-corrected chi connectivity index (χ3v) is 9.76. The molecule has 0 aromatic heterocycles. The van der Waals surface area contributed by atoms with Gasteiger partial charge in [-0.3, -0.25) is 14.4 Å². The van der Waals surface area contributed by atoms with Crippen LogP contribution in [-0.4, -0.2) is 38.0 Å². The molecule has 0 N–H and O–H groups in total. The van der Waals surface area contributed by atoms with Crippen LogP contribution in [0.2, 0.25) is 0 Å². The van der Waals surface area contributed by atoms with E-state index in [9.17, 15) is 14.4 Å². The van der Waals surface area contributed by atoms with E-state index in [1.54, 1.807) is 20.8 Å². The lowest BCUT2D eigenvalue weighted by Crippen LogP contribution is -2.65. The van der Waals surface area contributed by atoms with Gasteiger partial charge in [-0.25, -0.2) is 0 Å². The van der Waals surface area contributed by atoms with Crippen molar-refractivity contribution in [1.82, 2.24) is 0 Å². The number of ether oxygens (including phenoxy) is 1. The Morgan fingerprint density at radius 1 is 0.842 bits per heavy atom. The number of ketones is 3. The van der Waals surface area contributed by atoms with Gasteiger partial charge in [0.2, 0.25) is 0 Å². The van der Waals surface area contributed by atoms with E-state index in [4.69, 9.17) is 18.0 Å². The molecule has 0 radical (unpaired) electrons. The molecule has 0 aromatic rings. The predicted octanol–water partition coefficient (Wildman–Crippen LogP) is 6.62. The smallest absolute Gasteiger partial charge is 0.486 e. The number of carbonyl (C=O) groups is 3. The highest BCUT2D eigenvalue weighted by Crippen LogP contribution is 2.45. The van der Waals surface area contributed by atoms with Gasteiger partial charge in [-0.2, -0.15) is 0 Å². The highest BCUT2D eigenvalue weighted by molar-refractivity contribution is 6.65. The minimum Gasteiger partial charge on any atom is -0.486 e. The normalized spacial score (nSPS) is 22.8. The molecule has 0 aliphatic heterocycles. The summed E-state index contributed by atoms with van der Waals surface area (Å²) in [6.07, 6.45) is 17.2. The molecule has 1 atom stereocenters. The summed E-state index contributed by atoms with van der Waals surface area (Å²) in [4.78, 5) is 35.9. The average molecular weight is 545 g/mol. The molecular weight excluding hydrogens is 500 g/mol. The van der Waals surface area contributed by atoms with Gasteiger partial charge in [0.1, 0.15) is 0 Å². The maximum Gasteiger partial charge on any atom is 0.737 e. The third kappa shape index (κ3) is 8.94. The molecule has 38 heavy (non-hydrogen) atoms. The number of hydrogen-bond acceptors (Lipinski definition) is 7. The maximum atomic E-state index is 12.0. The second kappa shape index (κ2) is 14.4. The zero-order valence-electron chi connectivity index (χ0n) is 24.1. The lowest BCUT2D eigenvalue weighted by Gasteiger charge is -2.45. The molecule has 2 rings (SSSR count). The minimum atomic E-state index is -4.09. The quantitative estimate of drug-likeness (QED) is 0.138. The number of carbonyl (C=O) groups excluding carboxylic acids is 3. The number of allylic oxidation sites excluding steroid dienone is 8. The number of rotatable bonds is 14. The van der Waals surface area contributed by atoms with Crippen LogP contribution in [0.3, 0.4) is 0 Å². The van der Waals surface area contributed by atoms with Crippen molar-refractivity contribution in [2.24, 2.45) is 5.92 Å².